The molecule has 2 heteroatoms. The molecule has 0 saturated heterocycles. The van der Waals surface area contributed by atoms with Crippen LogP contribution in [0, 0.1) is 7.43 Å². The van der Waals surface area contributed by atoms with Crippen LogP contribution >= 0.6 is 0 Å². The number of para-hydroxylation sites is 1. The quantitative estimate of drug-likeness (QED) is 0.327. The van der Waals surface area contributed by atoms with Crippen LogP contribution in [0.4, 0.5) is 0 Å². The first-order valence-electron chi connectivity index (χ1n) is 10.3. The summed E-state index contributed by atoms with van der Waals surface area (Å²) in [6.07, 6.45) is 0. The molecule has 0 aliphatic heterocycles. The summed E-state index contributed by atoms with van der Waals surface area (Å²) >= 11 is 0. The van der Waals surface area contributed by atoms with Crippen LogP contribution in [0.15, 0.2) is 54.6 Å². The number of rotatable bonds is 3. The summed E-state index contributed by atoms with van der Waals surface area (Å²) in [5.74, 6) is 1.23. The van der Waals surface area contributed by atoms with Crippen molar-refractivity contribution in [2.45, 2.75) is 58.8 Å². The van der Waals surface area contributed by atoms with E-state index in [1.165, 1.54) is 27.8 Å². The number of fused-ring (bicyclic) bond motifs is 3. The molecule has 156 valence electrons. The van der Waals surface area contributed by atoms with Crippen LogP contribution in [0.3, 0.4) is 0 Å². The number of aromatic hydroxyl groups is 1. The van der Waals surface area contributed by atoms with Crippen LogP contribution < -0.4 is 0 Å². The summed E-state index contributed by atoms with van der Waals surface area (Å²) in [5, 5.41) is 10.9. The molecular formula is C28H33OTi-. The fourth-order valence-electron chi connectivity index (χ4n) is 4.56. The van der Waals surface area contributed by atoms with Gasteiger partial charge in [-0.3, -0.25) is 0 Å². The van der Waals surface area contributed by atoms with Gasteiger partial charge in [-0.05, 0) is 56.8 Å². The van der Waals surface area contributed by atoms with Crippen LogP contribution in [-0.4, -0.2) is 5.11 Å². The summed E-state index contributed by atoms with van der Waals surface area (Å²) < 4.78 is 0. The van der Waals surface area contributed by atoms with Crippen LogP contribution in [0.5, 0.6) is 5.75 Å². The fraction of sp³-hybridized carbons (Fsp3) is 0.321. The van der Waals surface area contributed by atoms with Gasteiger partial charge in [0, 0.05) is 32.7 Å². The fourth-order valence-corrected chi connectivity index (χ4v) is 4.56. The molecule has 0 fully saturated rings. The minimum atomic E-state index is -0.0402. The molecule has 0 unspecified atom stereocenters. The van der Waals surface area contributed by atoms with Crippen LogP contribution in [0.2, 0.25) is 0 Å². The SMILES string of the molecule is CC(C)c1ccc2c(c1)-c1ccc(-c3cccc(C(C)C)c3O)cc1C2(C)C.[CH3-].[Ti]. The molecule has 0 atom stereocenters. The van der Waals surface area contributed by atoms with Crippen molar-refractivity contribution in [2.75, 3.05) is 0 Å². The van der Waals surface area contributed by atoms with Crippen LogP contribution in [0.25, 0.3) is 22.3 Å². The minimum absolute atomic E-state index is 0. The molecule has 0 saturated carbocycles. The molecule has 3 aromatic rings. The zero-order chi connectivity index (χ0) is 20.2. The zero-order valence-corrected chi connectivity index (χ0v) is 20.9. The third-order valence-electron chi connectivity index (χ3n) is 6.37. The van der Waals surface area contributed by atoms with E-state index in [4.69, 9.17) is 0 Å². The Kier molecular flexibility index (Phi) is 7.11. The van der Waals surface area contributed by atoms with Crippen molar-refractivity contribution >= 4 is 0 Å². The molecule has 1 N–H and O–H groups in total. The average molecular weight is 433 g/mol. The molecule has 0 bridgehead atoms. The van der Waals surface area contributed by atoms with Gasteiger partial charge in [0.25, 0.3) is 0 Å². The van der Waals surface area contributed by atoms with E-state index < -0.39 is 0 Å². The van der Waals surface area contributed by atoms with Crippen molar-refractivity contribution in [2.24, 2.45) is 0 Å². The molecular weight excluding hydrogens is 400 g/mol. The monoisotopic (exact) mass is 433 g/mol. The van der Waals surface area contributed by atoms with E-state index in [1.807, 2.05) is 18.2 Å². The third-order valence-corrected chi connectivity index (χ3v) is 6.37. The Morgan fingerprint density at radius 3 is 2.07 bits per heavy atom. The number of phenolic OH excluding ortho intramolecular Hbond substituents is 1. The predicted molar refractivity (Wildman–Crippen MR) is 126 cm³/mol. The molecule has 3 aromatic carbocycles. The first-order valence-corrected chi connectivity index (χ1v) is 10.3. The van der Waals surface area contributed by atoms with E-state index in [2.05, 4.69) is 77.9 Å². The van der Waals surface area contributed by atoms with Gasteiger partial charge in [0.15, 0.2) is 0 Å². The Balaban J connectivity index is 0.00000160. The van der Waals surface area contributed by atoms with E-state index in [0.717, 1.165) is 16.7 Å². The Morgan fingerprint density at radius 1 is 0.733 bits per heavy atom. The Morgan fingerprint density at radius 2 is 1.43 bits per heavy atom. The van der Waals surface area contributed by atoms with Crippen molar-refractivity contribution in [1.82, 2.24) is 0 Å². The molecule has 30 heavy (non-hydrogen) atoms. The molecule has 1 aliphatic rings. The Bertz CT molecular complexity index is 1060. The van der Waals surface area contributed by atoms with Crippen molar-refractivity contribution in [1.29, 1.82) is 0 Å². The number of benzene rings is 3. The van der Waals surface area contributed by atoms with Crippen molar-refractivity contribution in [3.8, 4) is 28.0 Å². The normalized spacial score (nSPS) is 13.5. The Hall–Kier alpha value is -1.83. The summed E-state index contributed by atoms with van der Waals surface area (Å²) in [6.45, 7) is 13.3. The first kappa shape index (κ1) is 24.4. The van der Waals surface area contributed by atoms with Gasteiger partial charge in [-0.25, -0.2) is 0 Å². The maximum Gasteiger partial charge on any atom is 0.126 e. The molecule has 1 aliphatic carbocycles. The minimum Gasteiger partial charge on any atom is -0.507 e. The Labute approximate surface area is 197 Å². The van der Waals surface area contributed by atoms with E-state index >= 15 is 0 Å². The summed E-state index contributed by atoms with van der Waals surface area (Å²) in [7, 11) is 0. The van der Waals surface area contributed by atoms with E-state index in [9.17, 15) is 5.11 Å². The van der Waals surface area contributed by atoms with Crippen molar-refractivity contribution < 1.29 is 26.8 Å². The van der Waals surface area contributed by atoms with E-state index in [-0.39, 0.29) is 34.6 Å². The second-order valence-electron chi connectivity index (χ2n) is 9.24. The topological polar surface area (TPSA) is 20.2 Å². The summed E-state index contributed by atoms with van der Waals surface area (Å²) in [6, 6.07) is 19.7. The van der Waals surface area contributed by atoms with Gasteiger partial charge in [-0.1, -0.05) is 90.1 Å². The predicted octanol–water partition coefficient (Wildman–Crippen LogP) is 8.06. The standard InChI is InChI=1S/C27H30O.CH3.Ti/c1-16(2)18-11-13-24-23(14-18)22-12-10-19(15-25(22)27(24,5)6)21-9-7-8-20(17(3)4)26(21)28;;/h7-17,28H,1-6H3;1H3;/q;-1;. The molecule has 1 nitrogen and oxygen atoms in total. The van der Waals surface area contributed by atoms with Crippen molar-refractivity contribution in [3.05, 3.63) is 84.3 Å². The maximum absolute atomic E-state index is 10.9. The third kappa shape index (κ3) is 3.79. The number of hydrogen-bond donors (Lipinski definition) is 1. The van der Waals surface area contributed by atoms with Gasteiger partial charge in [0.2, 0.25) is 0 Å². The van der Waals surface area contributed by atoms with Crippen LogP contribution in [-0.2, 0) is 27.1 Å². The number of phenols is 1. The van der Waals surface area contributed by atoms with Gasteiger partial charge < -0.3 is 12.5 Å². The maximum atomic E-state index is 10.9. The molecule has 4 rings (SSSR count). The van der Waals surface area contributed by atoms with Gasteiger partial charge in [-0.15, -0.1) is 0 Å². The molecule has 0 spiro atoms. The second kappa shape index (κ2) is 8.73. The van der Waals surface area contributed by atoms with E-state index in [0.29, 0.717) is 17.6 Å². The second-order valence-corrected chi connectivity index (χ2v) is 9.24. The zero-order valence-electron chi connectivity index (χ0n) is 19.3. The average Bonchev–Trinajstić information content (AvgIpc) is 2.88. The van der Waals surface area contributed by atoms with Gasteiger partial charge in [0.05, 0.1) is 0 Å². The van der Waals surface area contributed by atoms with E-state index in [1.54, 1.807) is 0 Å². The van der Waals surface area contributed by atoms with Gasteiger partial charge in [0.1, 0.15) is 5.75 Å². The number of hydrogen-bond acceptors (Lipinski definition) is 1. The molecule has 0 heterocycles. The summed E-state index contributed by atoms with van der Waals surface area (Å²) in [5.41, 5.74) is 9.77. The largest absolute Gasteiger partial charge is 0.507 e. The van der Waals surface area contributed by atoms with Gasteiger partial charge in [-0.2, -0.15) is 0 Å². The van der Waals surface area contributed by atoms with Gasteiger partial charge >= 0.3 is 0 Å². The smallest absolute Gasteiger partial charge is 0.126 e. The summed E-state index contributed by atoms with van der Waals surface area (Å²) in [4.78, 5) is 0. The van der Waals surface area contributed by atoms with Crippen molar-refractivity contribution in [3.63, 3.8) is 0 Å². The molecule has 0 aromatic heterocycles. The van der Waals surface area contributed by atoms with Crippen LogP contribution in [0.1, 0.15) is 75.6 Å². The first-order chi connectivity index (χ1) is 13.2. The molecule has 0 radical (unpaired) electrons. The molecule has 0 amide bonds.